The summed E-state index contributed by atoms with van der Waals surface area (Å²) in [6.45, 7) is 7.20. The third-order valence-electron chi connectivity index (χ3n) is 3.16. The standard InChI is InChI=1S/C16H23N5OS2/c1-10(2)6-7-18-15(17)21-16-20-13(9-23-16)14-5-4-12(24-14)8-19-11(3)22/h4-5,9-10H,6-8H2,1-3H3,(H,19,22)(H3,17,18,20,21). The molecule has 2 heterocycles. The van der Waals surface area contributed by atoms with Crippen molar-refractivity contribution < 1.29 is 4.79 Å². The first-order valence-electron chi connectivity index (χ1n) is 7.81. The molecule has 0 aliphatic rings. The summed E-state index contributed by atoms with van der Waals surface area (Å²) in [6, 6.07) is 4.01. The fourth-order valence-corrected chi connectivity index (χ4v) is 3.56. The second-order valence-corrected chi connectivity index (χ2v) is 7.80. The van der Waals surface area contributed by atoms with Crippen molar-refractivity contribution in [3.63, 3.8) is 0 Å². The van der Waals surface area contributed by atoms with Gasteiger partial charge in [-0.3, -0.25) is 4.79 Å². The number of nitrogens with one attached hydrogen (secondary N) is 2. The van der Waals surface area contributed by atoms with Crippen LogP contribution in [0, 0.1) is 5.92 Å². The Labute approximate surface area is 150 Å². The molecule has 0 aromatic carbocycles. The zero-order valence-corrected chi connectivity index (χ0v) is 15.8. The summed E-state index contributed by atoms with van der Waals surface area (Å²) in [4.78, 5) is 21.9. The van der Waals surface area contributed by atoms with Crippen molar-refractivity contribution in [1.29, 1.82) is 0 Å². The van der Waals surface area contributed by atoms with Gasteiger partial charge < -0.3 is 16.4 Å². The molecule has 6 nitrogen and oxygen atoms in total. The molecule has 4 N–H and O–H groups in total. The highest BCUT2D eigenvalue weighted by Crippen LogP contribution is 2.31. The van der Waals surface area contributed by atoms with Crippen molar-refractivity contribution in [1.82, 2.24) is 15.6 Å². The number of amides is 1. The molecule has 0 spiro atoms. The Kier molecular flexibility index (Phi) is 6.74. The minimum absolute atomic E-state index is 0.0318. The Morgan fingerprint density at radius 3 is 2.88 bits per heavy atom. The van der Waals surface area contributed by atoms with Gasteiger partial charge in [0, 0.05) is 23.7 Å². The molecule has 0 aliphatic heterocycles. The van der Waals surface area contributed by atoms with E-state index in [0.717, 1.165) is 28.4 Å². The minimum Gasteiger partial charge on any atom is -0.370 e. The maximum absolute atomic E-state index is 11.0. The van der Waals surface area contributed by atoms with Gasteiger partial charge in [-0.25, -0.2) is 4.98 Å². The van der Waals surface area contributed by atoms with Crippen LogP contribution in [0.25, 0.3) is 10.6 Å². The first kappa shape index (κ1) is 18.4. The molecule has 0 bridgehead atoms. The van der Waals surface area contributed by atoms with Crippen molar-refractivity contribution in [3.05, 3.63) is 22.4 Å². The van der Waals surface area contributed by atoms with E-state index in [1.54, 1.807) is 11.3 Å². The summed E-state index contributed by atoms with van der Waals surface area (Å²) >= 11 is 3.07. The molecule has 1 amide bonds. The number of thiophene rings is 1. The Hall–Kier alpha value is -1.93. The van der Waals surface area contributed by atoms with Crippen molar-refractivity contribution in [2.75, 3.05) is 6.54 Å². The summed E-state index contributed by atoms with van der Waals surface area (Å²) in [6.07, 6.45) is 1.05. The van der Waals surface area contributed by atoms with Crippen LogP contribution in [0.15, 0.2) is 22.5 Å². The zero-order chi connectivity index (χ0) is 17.5. The Morgan fingerprint density at radius 1 is 1.38 bits per heavy atom. The van der Waals surface area contributed by atoms with Crippen molar-refractivity contribution in [3.8, 4) is 10.6 Å². The van der Waals surface area contributed by atoms with Gasteiger partial charge in [-0.05, 0) is 24.5 Å². The molecule has 0 aliphatic carbocycles. The molecular weight excluding hydrogens is 342 g/mol. The lowest BCUT2D eigenvalue weighted by molar-refractivity contribution is -0.119. The normalized spacial score (nSPS) is 11.8. The minimum atomic E-state index is -0.0318. The van der Waals surface area contributed by atoms with Crippen molar-refractivity contribution in [2.24, 2.45) is 16.6 Å². The molecular formula is C16H23N5OS2. The van der Waals surface area contributed by atoms with Crippen molar-refractivity contribution in [2.45, 2.75) is 33.7 Å². The topological polar surface area (TPSA) is 92.4 Å². The van der Waals surface area contributed by atoms with E-state index in [9.17, 15) is 4.79 Å². The molecule has 24 heavy (non-hydrogen) atoms. The van der Waals surface area contributed by atoms with Gasteiger partial charge in [-0.1, -0.05) is 13.8 Å². The predicted molar refractivity (Wildman–Crippen MR) is 102 cm³/mol. The van der Waals surface area contributed by atoms with Crippen LogP contribution < -0.4 is 16.4 Å². The average Bonchev–Trinajstić information content (AvgIpc) is 3.13. The monoisotopic (exact) mass is 365 g/mol. The van der Waals surface area contributed by atoms with Crippen LogP contribution in [0.2, 0.25) is 0 Å². The number of aromatic nitrogens is 1. The van der Waals surface area contributed by atoms with Gasteiger partial charge in [-0.2, -0.15) is 4.99 Å². The molecule has 130 valence electrons. The van der Waals surface area contributed by atoms with Crippen LogP contribution in [-0.4, -0.2) is 23.4 Å². The van der Waals surface area contributed by atoms with E-state index in [1.807, 2.05) is 17.5 Å². The smallest absolute Gasteiger partial charge is 0.217 e. The van der Waals surface area contributed by atoms with Crippen LogP contribution in [0.1, 0.15) is 32.1 Å². The summed E-state index contributed by atoms with van der Waals surface area (Å²) in [7, 11) is 0. The number of guanidine groups is 1. The Bertz CT molecular complexity index is 705. The summed E-state index contributed by atoms with van der Waals surface area (Å²) < 4.78 is 0. The number of hydrogen-bond donors (Lipinski definition) is 3. The number of hydrogen-bond acceptors (Lipinski definition) is 5. The molecule has 0 unspecified atom stereocenters. The van der Waals surface area contributed by atoms with Gasteiger partial charge >= 0.3 is 0 Å². The molecule has 2 rings (SSSR count). The third-order valence-corrected chi connectivity index (χ3v) is 5.00. The van der Waals surface area contributed by atoms with Gasteiger partial charge in [-0.15, -0.1) is 22.7 Å². The lowest BCUT2D eigenvalue weighted by Crippen LogP contribution is -2.32. The number of aliphatic imine (C=N–C) groups is 1. The van der Waals surface area contributed by atoms with E-state index in [0.29, 0.717) is 23.6 Å². The SMILES string of the molecule is CC(=O)NCc1ccc(-c2csc(N=C(N)NCCC(C)C)n2)s1. The fraction of sp³-hybridized carbons (Fsp3) is 0.438. The first-order chi connectivity index (χ1) is 11.4. The van der Waals surface area contributed by atoms with Crippen LogP contribution in [-0.2, 0) is 11.3 Å². The lowest BCUT2D eigenvalue weighted by atomic mass is 10.1. The predicted octanol–water partition coefficient (Wildman–Crippen LogP) is 3.09. The second kappa shape index (κ2) is 8.79. The number of carbonyl (C=O) groups is 1. The molecule has 8 heteroatoms. The summed E-state index contributed by atoms with van der Waals surface area (Å²) in [5, 5.41) is 8.49. The number of nitrogens with two attached hydrogens (primary N) is 1. The van der Waals surface area contributed by atoms with E-state index < -0.39 is 0 Å². The fourth-order valence-electron chi connectivity index (χ4n) is 1.88. The molecule has 0 atom stereocenters. The van der Waals surface area contributed by atoms with E-state index in [4.69, 9.17) is 5.73 Å². The zero-order valence-electron chi connectivity index (χ0n) is 14.1. The first-order valence-corrected chi connectivity index (χ1v) is 9.50. The second-order valence-electron chi connectivity index (χ2n) is 5.80. The highest BCUT2D eigenvalue weighted by molar-refractivity contribution is 7.16. The van der Waals surface area contributed by atoms with Crippen LogP contribution in [0.5, 0.6) is 0 Å². The number of nitrogens with zero attached hydrogens (tertiary/aromatic N) is 2. The van der Waals surface area contributed by atoms with Crippen molar-refractivity contribution >= 4 is 39.7 Å². The van der Waals surface area contributed by atoms with E-state index in [2.05, 4.69) is 34.5 Å². The van der Waals surface area contributed by atoms with E-state index >= 15 is 0 Å². The van der Waals surface area contributed by atoms with E-state index in [1.165, 1.54) is 18.3 Å². The summed E-state index contributed by atoms with van der Waals surface area (Å²) in [5.74, 6) is 0.993. The van der Waals surface area contributed by atoms with E-state index in [-0.39, 0.29) is 5.91 Å². The molecule has 0 saturated carbocycles. The van der Waals surface area contributed by atoms with Gasteiger partial charge in [0.15, 0.2) is 5.96 Å². The lowest BCUT2D eigenvalue weighted by Gasteiger charge is -2.06. The Morgan fingerprint density at radius 2 is 2.17 bits per heavy atom. The number of carbonyl (C=O) groups excluding carboxylic acids is 1. The van der Waals surface area contributed by atoms with Crippen LogP contribution in [0.3, 0.4) is 0 Å². The number of rotatable bonds is 7. The highest BCUT2D eigenvalue weighted by atomic mass is 32.1. The largest absolute Gasteiger partial charge is 0.370 e. The number of thiazole rings is 1. The van der Waals surface area contributed by atoms with Gasteiger partial charge in [0.05, 0.1) is 17.1 Å². The maximum Gasteiger partial charge on any atom is 0.217 e. The molecule has 0 saturated heterocycles. The van der Waals surface area contributed by atoms with Gasteiger partial charge in [0.25, 0.3) is 0 Å². The average molecular weight is 366 g/mol. The molecule has 2 aromatic heterocycles. The molecule has 0 radical (unpaired) electrons. The van der Waals surface area contributed by atoms with Gasteiger partial charge in [0.1, 0.15) is 0 Å². The summed E-state index contributed by atoms with van der Waals surface area (Å²) in [5.41, 5.74) is 6.76. The molecule has 2 aromatic rings. The van der Waals surface area contributed by atoms with Crippen LogP contribution in [0.4, 0.5) is 5.13 Å². The van der Waals surface area contributed by atoms with Gasteiger partial charge in [0.2, 0.25) is 11.0 Å². The highest BCUT2D eigenvalue weighted by Gasteiger charge is 2.08. The Balaban J connectivity index is 1.96. The quantitative estimate of drug-likeness (QED) is 0.519. The third kappa shape index (κ3) is 5.93. The van der Waals surface area contributed by atoms with Crippen LogP contribution >= 0.6 is 22.7 Å². The maximum atomic E-state index is 11.0. The molecule has 0 fully saturated rings.